The SMILES string of the molecule is CCC=C[C@H]1CCC[C@H](OC2CC[C@H](N(C)C)[C@@H](C)O2)[C@@H](C)C(=O)C2=CC3C(C=CC4C[C@@H](O[C@@H]5O[C@@H](C)[C@H](OCC)[C@@H](OCC)[C@H]5OC)CC43)C2CC(=O)O1. The third-order valence-electron chi connectivity index (χ3n) is 13.5. The van der Waals surface area contributed by atoms with Crippen molar-refractivity contribution in [1.29, 1.82) is 0 Å². The molecule has 11 nitrogen and oxygen atoms in total. The Hall–Kier alpha value is -1.96. The minimum absolute atomic E-state index is 0.0260. The molecule has 3 aliphatic carbocycles. The molecule has 1 saturated carbocycles. The Bertz CT molecular complexity index is 1400. The maximum Gasteiger partial charge on any atom is 0.307 e. The minimum atomic E-state index is -0.598. The Morgan fingerprint density at radius 1 is 0.857 bits per heavy atom. The predicted molar refractivity (Wildman–Crippen MR) is 213 cm³/mol. The van der Waals surface area contributed by atoms with E-state index in [4.69, 9.17) is 37.9 Å². The number of likely N-dealkylation sites (N-methyl/N-ethyl adjacent to an activating group) is 1. The van der Waals surface area contributed by atoms with Crippen LogP contribution in [-0.4, -0.2) is 119 Å². The number of cyclic esters (lactones) is 1. The molecule has 3 saturated heterocycles. The first-order valence-electron chi connectivity index (χ1n) is 21.8. The number of ketones is 1. The third-order valence-corrected chi connectivity index (χ3v) is 13.5. The summed E-state index contributed by atoms with van der Waals surface area (Å²) < 4.78 is 50.8. The van der Waals surface area contributed by atoms with Gasteiger partial charge in [-0.1, -0.05) is 38.2 Å². The summed E-state index contributed by atoms with van der Waals surface area (Å²) in [6.07, 6.45) is 14.7. The summed E-state index contributed by atoms with van der Waals surface area (Å²) in [5.41, 5.74) is 0.755. The van der Waals surface area contributed by atoms with Crippen LogP contribution >= 0.6 is 0 Å². The molecule has 6 unspecified atom stereocenters. The molecular formula is C45H71NO10. The highest BCUT2D eigenvalue weighted by molar-refractivity contribution is 5.99. The zero-order chi connectivity index (χ0) is 40.1. The van der Waals surface area contributed by atoms with Crippen molar-refractivity contribution < 1.29 is 47.5 Å². The first-order valence-corrected chi connectivity index (χ1v) is 21.8. The average molecular weight is 786 g/mol. The van der Waals surface area contributed by atoms with Crippen molar-refractivity contribution >= 4 is 11.8 Å². The summed E-state index contributed by atoms with van der Waals surface area (Å²) in [5, 5.41) is 0. The van der Waals surface area contributed by atoms with Crippen LogP contribution in [0.25, 0.3) is 0 Å². The van der Waals surface area contributed by atoms with Crippen molar-refractivity contribution in [3.05, 3.63) is 36.0 Å². The van der Waals surface area contributed by atoms with E-state index in [0.717, 1.165) is 44.1 Å². The molecule has 3 aliphatic heterocycles. The molecule has 0 N–H and O–H groups in total. The first-order chi connectivity index (χ1) is 27.0. The van der Waals surface area contributed by atoms with Gasteiger partial charge in [0.15, 0.2) is 18.4 Å². The number of carbonyl (C=O) groups is 2. The first kappa shape index (κ1) is 43.6. The van der Waals surface area contributed by atoms with Crippen LogP contribution in [0.5, 0.6) is 0 Å². The largest absolute Gasteiger partial charge is 0.458 e. The zero-order valence-electron chi connectivity index (χ0n) is 35.5. The van der Waals surface area contributed by atoms with Crippen molar-refractivity contribution in [3.63, 3.8) is 0 Å². The lowest BCUT2D eigenvalue weighted by atomic mass is 9.70. The molecule has 6 rings (SSSR count). The number of rotatable bonds is 12. The molecule has 0 amide bonds. The third kappa shape index (κ3) is 9.73. The maximum atomic E-state index is 14.8. The topological polar surface area (TPSA) is 111 Å². The van der Waals surface area contributed by atoms with E-state index in [-0.39, 0.29) is 103 Å². The standard InChI is InChI=1S/C45H71NO10/c1-10-13-15-30-16-14-17-38(56-40-21-20-37(46(7)8)27(5)52-40)26(4)41(48)36-24-34-32(35(36)25-39(47)54-30)19-18-29-22-31(23-33(29)34)55-45-44(49-9)43(51-12-3)42(50-11-2)28(6)53-45/h13,15,18-19,24,26-35,37-38,40,42-45H,10-12,14,16-17,20-23,25H2,1-9H3/t26-,27-,28+,29?,30+,31-,32?,33?,34?,35?,37+,38+,40?,42+,43-,44-,45+/m1/s1. The number of carbonyl (C=O) groups excluding carboxylic acids is 2. The highest BCUT2D eigenvalue weighted by Gasteiger charge is 2.53. The summed E-state index contributed by atoms with van der Waals surface area (Å²) in [4.78, 5) is 30.7. The van der Waals surface area contributed by atoms with Gasteiger partial charge in [-0.25, -0.2) is 0 Å². The molecule has 56 heavy (non-hydrogen) atoms. The number of fused-ring (bicyclic) bond motifs is 5. The van der Waals surface area contributed by atoms with Crippen LogP contribution in [0.2, 0.25) is 0 Å². The lowest BCUT2D eigenvalue weighted by Gasteiger charge is -2.45. The monoisotopic (exact) mass is 786 g/mol. The number of ether oxygens (including phenoxy) is 8. The van der Waals surface area contributed by atoms with Crippen LogP contribution in [-0.2, 0) is 47.5 Å². The van der Waals surface area contributed by atoms with Gasteiger partial charge in [0.25, 0.3) is 0 Å². The van der Waals surface area contributed by atoms with Crippen LogP contribution in [0.3, 0.4) is 0 Å². The number of Topliss-reactive ketones (excluding diaryl/α,β-unsaturated/α-hetero) is 1. The van der Waals surface area contributed by atoms with Gasteiger partial charge in [0.2, 0.25) is 0 Å². The van der Waals surface area contributed by atoms with E-state index >= 15 is 0 Å². The predicted octanol–water partition coefficient (Wildman–Crippen LogP) is 6.82. The smallest absolute Gasteiger partial charge is 0.307 e. The van der Waals surface area contributed by atoms with Gasteiger partial charge in [0, 0.05) is 38.2 Å². The number of esters is 1. The van der Waals surface area contributed by atoms with E-state index in [9.17, 15) is 9.59 Å². The van der Waals surface area contributed by atoms with Crippen LogP contribution in [0.4, 0.5) is 0 Å². The summed E-state index contributed by atoms with van der Waals surface area (Å²) in [5.74, 6) is -0.124. The molecule has 0 aromatic carbocycles. The van der Waals surface area contributed by atoms with Gasteiger partial charge in [0.05, 0.1) is 30.8 Å². The number of methoxy groups -OCH3 is 1. The van der Waals surface area contributed by atoms with E-state index < -0.39 is 12.4 Å². The number of allylic oxidation sites excluding steroid dienone is 5. The Balaban J connectivity index is 1.22. The highest BCUT2D eigenvalue weighted by Crippen LogP contribution is 2.54. The molecule has 316 valence electrons. The zero-order valence-corrected chi connectivity index (χ0v) is 35.5. The van der Waals surface area contributed by atoms with E-state index in [1.165, 1.54) is 0 Å². The van der Waals surface area contributed by atoms with Gasteiger partial charge in [-0.05, 0) is 128 Å². The molecule has 3 heterocycles. The molecule has 6 aliphatic rings. The molecule has 17 atom stereocenters. The molecule has 4 fully saturated rings. The van der Waals surface area contributed by atoms with Crippen molar-refractivity contribution in [2.75, 3.05) is 34.4 Å². The lowest BCUT2D eigenvalue weighted by molar-refractivity contribution is -0.319. The quantitative estimate of drug-likeness (QED) is 0.154. The summed E-state index contributed by atoms with van der Waals surface area (Å²) >= 11 is 0. The molecule has 0 aromatic heterocycles. The lowest BCUT2D eigenvalue weighted by Crippen LogP contribution is -2.60. The van der Waals surface area contributed by atoms with E-state index in [0.29, 0.717) is 32.1 Å². The van der Waals surface area contributed by atoms with Crippen LogP contribution in [0.15, 0.2) is 36.0 Å². The van der Waals surface area contributed by atoms with Crippen molar-refractivity contribution in [3.8, 4) is 0 Å². The van der Waals surface area contributed by atoms with Crippen LogP contribution in [0.1, 0.15) is 99.3 Å². The second-order valence-corrected chi connectivity index (χ2v) is 17.3. The van der Waals surface area contributed by atoms with Crippen molar-refractivity contribution in [1.82, 2.24) is 4.90 Å². The van der Waals surface area contributed by atoms with E-state index in [2.05, 4.69) is 57.1 Å². The Morgan fingerprint density at radius 3 is 2.32 bits per heavy atom. The molecule has 0 spiro atoms. The van der Waals surface area contributed by atoms with Crippen LogP contribution in [0, 0.1) is 35.5 Å². The average Bonchev–Trinajstić information content (AvgIpc) is 3.74. The number of hydrogen-bond acceptors (Lipinski definition) is 11. The molecular weight excluding hydrogens is 714 g/mol. The van der Waals surface area contributed by atoms with Gasteiger partial charge in [0.1, 0.15) is 24.4 Å². The molecule has 0 bridgehead atoms. The van der Waals surface area contributed by atoms with Crippen LogP contribution < -0.4 is 0 Å². The number of nitrogens with zero attached hydrogens (tertiary/aromatic N) is 1. The van der Waals surface area contributed by atoms with Gasteiger partial charge >= 0.3 is 5.97 Å². The highest BCUT2D eigenvalue weighted by atomic mass is 16.7. The van der Waals surface area contributed by atoms with Gasteiger partial charge in [-0.15, -0.1) is 0 Å². The molecule has 0 aromatic rings. The Morgan fingerprint density at radius 2 is 1.62 bits per heavy atom. The van der Waals surface area contributed by atoms with Crippen molar-refractivity contribution in [2.24, 2.45) is 35.5 Å². The Labute approximate surface area is 336 Å². The second-order valence-electron chi connectivity index (χ2n) is 17.3. The Kier molecular flexibility index (Phi) is 15.5. The van der Waals surface area contributed by atoms with Gasteiger partial charge < -0.3 is 42.8 Å². The van der Waals surface area contributed by atoms with Gasteiger partial charge in [-0.2, -0.15) is 0 Å². The van der Waals surface area contributed by atoms with E-state index in [1.54, 1.807) is 7.11 Å². The van der Waals surface area contributed by atoms with E-state index in [1.807, 2.05) is 33.8 Å². The van der Waals surface area contributed by atoms with Crippen molar-refractivity contribution in [2.45, 2.75) is 167 Å². The second kappa shape index (κ2) is 19.9. The summed E-state index contributed by atoms with van der Waals surface area (Å²) in [6, 6.07) is 0.330. The minimum Gasteiger partial charge on any atom is -0.458 e. The fourth-order valence-electron chi connectivity index (χ4n) is 10.7. The normalized spacial score (nSPS) is 43.5. The molecule has 0 radical (unpaired) electrons. The fraction of sp³-hybridized carbons (Fsp3) is 0.822. The number of hydrogen-bond donors (Lipinski definition) is 0. The summed E-state index contributed by atoms with van der Waals surface area (Å²) in [6.45, 7) is 13.3. The maximum absolute atomic E-state index is 14.8. The van der Waals surface area contributed by atoms with Gasteiger partial charge in [-0.3, -0.25) is 9.59 Å². The molecule has 11 heteroatoms. The summed E-state index contributed by atoms with van der Waals surface area (Å²) in [7, 11) is 5.86. The fourth-order valence-corrected chi connectivity index (χ4v) is 10.7.